The first kappa shape index (κ1) is 15.1. The van der Waals surface area contributed by atoms with Crippen LogP contribution in [0.15, 0.2) is 18.3 Å². The summed E-state index contributed by atoms with van der Waals surface area (Å²) in [5.74, 6) is 0.581. The molecule has 1 N–H and O–H groups in total. The second-order valence-corrected chi connectivity index (χ2v) is 6.49. The molecule has 2 unspecified atom stereocenters. The molecule has 0 bridgehead atoms. The molecule has 0 aromatic carbocycles. The van der Waals surface area contributed by atoms with Crippen LogP contribution in [0.2, 0.25) is 0 Å². The highest BCUT2D eigenvalue weighted by atomic mass is 16.2. The maximum absolute atomic E-state index is 12.9. The van der Waals surface area contributed by atoms with E-state index in [4.69, 9.17) is 0 Å². The molecule has 0 spiro atoms. The van der Waals surface area contributed by atoms with E-state index >= 15 is 0 Å². The van der Waals surface area contributed by atoms with Gasteiger partial charge in [0.2, 0.25) is 0 Å². The molecule has 0 saturated heterocycles. The Bertz CT molecular complexity index is 689. The number of nitrogens with one attached hydrogen (secondary N) is 1. The van der Waals surface area contributed by atoms with Gasteiger partial charge in [-0.15, -0.1) is 0 Å². The van der Waals surface area contributed by atoms with Crippen molar-refractivity contribution in [3.05, 3.63) is 35.3 Å². The van der Waals surface area contributed by atoms with E-state index in [2.05, 4.69) is 24.1 Å². The number of nitrogens with zero attached hydrogens (tertiary/aromatic N) is 2. The summed E-state index contributed by atoms with van der Waals surface area (Å²) >= 11 is 0. The van der Waals surface area contributed by atoms with Crippen molar-refractivity contribution >= 4 is 11.6 Å². The maximum atomic E-state index is 12.9. The number of amides is 1. The number of carbonyl (C=O) groups excluding carboxylic acids is 1. The topological polar surface area (TPSA) is 46.4 Å². The van der Waals surface area contributed by atoms with Crippen LogP contribution in [0.1, 0.15) is 61.3 Å². The standard InChI is InChI=1S/C18H25N3O/c1-4-14-16(21-11-7-9-13(3)17(21)19-14)18(22)20-15-10-6-5-8-12(15)2/h7,9,11-12,15H,4-6,8,10H2,1-3H3,(H,20,22). The van der Waals surface area contributed by atoms with Crippen molar-refractivity contribution in [3.8, 4) is 0 Å². The van der Waals surface area contributed by atoms with Gasteiger partial charge in [0.25, 0.3) is 5.91 Å². The minimum absolute atomic E-state index is 0.0219. The lowest BCUT2D eigenvalue weighted by Crippen LogP contribution is -2.41. The zero-order valence-corrected chi connectivity index (χ0v) is 13.7. The van der Waals surface area contributed by atoms with Crippen molar-refractivity contribution in [2.24, 2.45) is 5.92 Å². The summed E-state index contributed by atoms with van der Waals surface area (Å²) in [5, 5.41) is 3.26. The van der Waals surface area contributed by atoms with Crippen LogP contribution in [-0.4, -0.2) is 21.3 Å². The number of fused-ring (bicyclic) bond motifs is 1. The number of imidazole rings is 1. The summed E-state index contributed by atoms with van der Waals surface area (Å²) in [5.41, 5.74) is 3.58. The normalized spacial score (nSPS) is 22.0. The number of hydrogen-bond acceptors (Lipinski definition) is 2. The van der Waals surface area contributed by atoms with E-state index in [1.165, 1.54) is 19.3 Å². The number of pyridine rings is 1. The third-order valence-corrected chi connectivity index (χ3v) is 4.90. The zero-order chi connectivity index (χ0) is 15.7. The second kappa shape index (κ2) is 6.11. The fourth-order valence-corrected chi connectivity index (χ4v) is 3.51. The van der Waals surface area contributed by atoms with Crippen molar-refractivity contribution in [2.45, 2.75) is 58.9 Å². The SMILES string of the molecule is CCc1nc2c(C)cccn2c1C(=O)NC1CCCCC1C. The predicted molar refractivity (Wildman–Crippen MR) is 88.2 cm³/mol. The summed E-state index contributed by atoms with van der Waals surface area (Å²) < 4.78 is 1.94. The fraction of sp³-hybridized carbons (Fsp3) is 0.556. The van der Waals surface area contributed by atoms with E-state index in [-0.39, 0.29) is 5.91 Å². The molecule has 1 saturated carbocycles. The van der Waals surface area contributed by atoms with E-state index in [1.807, 2.05) is 29.7 Å². The first-order valence-electron chi connectivity index (χ1n) is 8.39. The molecule has 1 aliphatic rings. The molecular weight excluding hydrogens is 274 g/mol. The Labute approximate surface area is 131 Å². The van der Waals surface area contributed by atoms with Crippen molar-refractivity contribution in [1.82, 2.24) is 14.7 Å². The third kappa shape index (κ3) is 2.62. The molecule has 2 aromatic heterocycles. The molecule has 2 atom stereocenters. The summed E-state index contributed by atoms with van der Waals surface area (Å²) in [4.78, 5) is 17.5. The van der Waals surface area contributed by atoms with Gasteiger partial charge in [0, 0.05) is 12.2 Å². The zero-order valence-electron chi connectivity index (χ0n) is 13.7. The lowest BCUT2D eigenvalue weighted by molar-refractivity contribution is 0.0903. The van der Waals surface area contributed by atoms with E-state index in [0.29, 0.717) is 17.7 Å². The lowest BCUT2D eigenvalue weighted by atomic mass is 9.86. The Hall–Kier alpha value is -1.84. The van der Waals surface area contributed by atoms with Crippen molar-refractivity contribution in [3.63, 3.8) is 0 Å². The molecule has 3 rings (SSSR count). The maximum Gasteiger partial charge on any atom is 0.270 e. The van der Waals surface area contributed by atoms with Crippen LogP contribution < -0.4 is 5.32 Å². The van der Waals surface area contributed by atoms with E-state index in [0.717, 1.165) is 29.7 Å². The first-order valence-corrected chi connectivity index (χ1v) is 8.39. The number of rotatable bonds is 3. The highest BCUT2D eigenvalue weighted by molar-refractivity contribution is 5.95. The van der Waals surface area contributed by atoms with E-state index < -0.39 is 0 Å². The molecule has 1 fully saturated rings. The van der Waals surface area contributed by atoms with Crippen molar-refractivity contribution < 1.29 is 4.79 Å². The molecule has 22 heavy (non-hydrogen) atoms. The van der Waals surface area contributed by atoms with E-state index in [1.54, 1.807) is 0 Å². The van der Waals surface area contributed by atoms with Crippen LogP contribution >= 0.6 is 0 Å². The Morgan fingerprint density at radius 3 is 2.91 bits per heavy atom. The van der Waals surface area contributed by atoms with Crippen LogP contribution in [0.5, 0.6) is 0 Å². The number of carbonyl (C=O) groups is 1. The first-order chi connectivity index (χ1) is 10.6. The molecule has 4 nitrogen and oxygen atoms in total. The molecule has 0 radical (unpaired) electrons. The predicted octanol–water partition coefficient (Wildman–Crippen LogP) is 3.51. The molecule has 4 heteroatoms. The lowest BCUT2D eigenvalue weighted by Gasteiger charge is -2.29. The average molecular weight is 299 g/mol. The van der Waals surface area contributed by atoms with Gasteiger partial charge in [-0.25, -0.2) is 4.98 Å². The monoisotopic (exact) mass is 299 g/mol. The Kier molecular flexibility index (Phi) is 4.19. The highest BCUT2D eigenvalue weighted by Gasteiger charge is 2.26. The van der Waals surface area contributed by atoms with Gasteiger partial charge in [-0.3, -0.25) is 9.20 Å². The van der Waals surface area contributed by atoms with Gasteiger partial charge in [-0.1, -0.05) is 32.8 Å². The number of hydrogen-bond donors (Lipinski definition) is 1. The summed E-state index contributed by atoms with van der Waals surface area (Å²) in [6.45, 7) is 6.33. The van der Waals surface area contributed by atoms with Gasteiger partial charge in [0.15, 0.2) is 0 Å². The van der Waals surface area contributed by atoms with Gasteiger partial charge in [0.05, 0.1) is 5.69 Å². The average Bonchev–Trinajstić information content (AvgIpc) is 2.89. The Morgan fingerprint density at radius 1 is 1.41 bits per heavy atom. The van der Waals surface area contributed by atoms with Crippen LogP contribution in [0.3, 0.4) is 0 Å². The molecule has 2 aromatic rings. The summed E-state index contributed by atoms with van der Waals surface area (Å²) in [6.07, 6.45) is 7.49. The molecule has 1 aliphatic carbocycles. The third-order valence-electron chi connectivity index (χ3n) is 4.90. The van der Waals surface area contributed by atoms with Crippen molar-refractivity contribution in [1.29, 1.82) is 0 Å². The summed E-state index contributed by atoms with van der Waals surface area (Å²) in [6, 6.07) is 4.30. The quantitative estimate of drug-likeness (QED) is 0.942. The number of aryl methyl sites for hydroxylation is 2. The highest BCUT2D eigenvalue weighted by Crippen LogP contribution is 2.24. The molecule has 0 aliphatic heterocycles. The fourth-order valence-electron chi connectivity index (χ4n) is 3.51. The molecule has 2 heterocycles. The molecule has 118 valence electrons. The Morgan fingerprint density at radius 2 is 2.18 bits per heavy atom. The molecule has 1 amide bonds. The summed E-state index contributed by atoms with van der Waals surface area (Å²) in [7, 11) is 0. The van der Waals surface area contributed by atoms with Crippen LogP contribution in [0, 0.1) is 12.8 Å². The van der Waals surface area contributed by atoms with Gasteiger partial charge < -0.3 is 5.32 Å². The van der Waals surface area contributed by atoms with Gasteiger partial charge >= 0.3 is 0 Å². The van der Waals surface area contributed by atoms with Crippen LogP contribution in [0.25, 0.3) is 5.65 Å². The van der Waals surface area contributed by atoms with Gasteiger partial charge in [-0.05, 0) is 43.7 Å². The number of aromatic nitrogens is 2. The smallest absolute Gasteiger partial charge is 0.270 e. The van der Waals surface area contributed by atoms with Crippen molar-refractivity contribution in [2.75, 3.05) is 0 Å². The van der Waals surface area contributed by atoms with Crippen LogP contribution in [0.4, 0.5) is 0 Å². The van der Waals surface area contributed by atoms with Crippen LogP contribution in [-0.2, 0) is 6.42 Å². The second-order valence-electron chi connectivity index (χ2n) is 6.49. The Balaban J connectivity index is 1.94. The van der Waals surface area contributed by atoms with E-state index in [9.17, 15) is 4.79 Å². The van der Waals surface area contributed by atoms with Gasteiger partial charge in [0.1, 0.15) is 11.3 Å². The minimum atomic E-state index is 0.0219. The largest absolute Gasteiger partial charge is 0.348 e. The van der Waals surface area contributed by atoms with Gasteiger partial charge in [-0.2, -0.15) is 0 Å². The minimum Gasteiger partial charge on any atom is -0.348 e. The molecular formula is C18H25N3O.